The minimum atomic E-state index is -0.250. The molecule has 2 aliphatic rings. The van der Waals surface area contributed by atoms with Crippen molar-refractivity contribution in [3.05, 3.63) is 16.7 Å². The van der Waals surface area contributed by atoms with Crippen LogP contribution in [-0.4, -0.2) is 48.7 Å². The number of aromatic nitrogens is 1. The molecule has 3 heterocycles. The molecule has 0 N–H and O–H groups in total. The molecule has 0 spiro atoms. The van der Waals surface area contributed by atoms with Gasteiger partial charge >= 0.3 is 0 Å². The summed E-state index contributed by atoms with van der Waals surface area (Å²) in [6, 6.07) is 2.28. The zero-order valence-corrected chi connectivity index (χ0v) is 14.3. The van der Waals surface area contributed by atoms with Crippen molar-refractivity contribution in [1.29, 1.82) is 5.26 Å². The summed E-state index contributed by atoms with van der Waals surface area (Å²) in [7, 11) is 2.13. The van der Waals surface area contributed by atoms with Crippen molar-refractivity contribution < 1.29 is 4.74 Å². The lowest BCUT2D eigenvalue weighted by Gasteiger charge is -2.38. The number of nitrogens with zero attached hydrogens (tertiary/aromatic N) is 4. The van der Waals surface area contributed by atoms with Crippen LogP contribution in [0.1, 0.15) is 30.5 Å². The predicted octanol–water partition coefficient (Wildman–Crippen LogP) is 1.85. The number of likely N-dealkylation sites (N-methyl/N-ethyl adjacent to an activating group) is 1. The van der Waals surface area contributed by atoms with Crippen LogP contribution >= 0.6 is 12.6 Å². The van der Waals surface area contributed by atoms with E-state index < -0.39 is 0 Å². The number of fused-ring (bicyclic) bond motifs is 1. The number of thiol groups is 1. The Balaban J connectivity index is 2.06. The van der Waals surface area contributed by atoms with Gasteiger partial charge in [-0.3, -0.25) is 0 Å². The molecule has 1 aromatic rings. The first kappa shape index (κ1) is 15.6. The number of hydrogen-bond acceptors (Lipinski definition) is 6. The maximum atomic E-state index is 9.48. The van der Waals surface area contributed by atoms with Gasteiger partial charge in [-0.1, -0.05) is 0 Å². The molecule has 0 aromatic carbocycles. The smallest absolute Gasteiger partial charge is 0.135 e. The zero-order valence-electron chi connectivity index (χ0n) is 13.4. The molecule has 1 fully saturated rings. The molecule has 3 rings (SSSR count). The largest absolute Gasteiger partial charge is 0.370 e. The first-order valence-electron chi connectivity index (χ1n) is 7.63. The van der Waals surface area contributed by atoms with E-state index in [4.69, 9.17) is 4.74 Å². The summed E-state index contributed by atoms with van der Waals surface area (Å²) in [5.41, 5.74) is 2.48. The van der Waals surface area contributed by atoms with Crippen molar-refractivity contribution in [2.24, 2.45) is 0 Å². The highest BCUT2D eigenvalue weighted by molar-refractivity contribution is 7.80. The molecule has 0 bridgehead atoms. The molecule has 22 heavy (non-hydrogen) atoms. The standard InChI is InChI=1S/C16H22N4OS/c1-16(2)8-11-12(9-17)15(22)18-14(13(11)10-21-16)20-6-4-19(3)5-7-20/h4-8,10H2,1-3H3,(H,18,22). The van der Waals surface area contributed by atoms with Gasteiger partial charge in [-0.2, -0.15) is 5.26 Å². The van der Waals surface area contributed by atoms with Crippen LogP contribution in [0.4, 0.5) is 5.82 Å². The van der Waals surface area contributed by atoms with Crippen LogP contribution in [0.2, 0.25) is 0 Å². The van der Waals surface area contributed by atoms with Crippen LogP contribution in [0.25, 0.3) is 0 Å². The molecule has 6 heteroatoms. The van der Waals surface area contributed by atoms with Crippen molar-refractivity contribution in [3.63, 3.8) is 0 Å². The number of hydrogen-bond donors (Lipinski definition) is 1. The number of anilines is 1. The first-order chi connectivity index (χ1) is 10.4. The van der Waals surface area contributed by atoms with E-state index in [0.717, 1.165) is 49.5 Å². The highest BCUT2D eigenvalue weighted by atomic mass is 32.1. The number of ether oxygens (including phenoxy) is 1. The number of rotatable bonds is 1. The van der Waals surface area contributed by atoms with Gasteiger partial charge < -0.3 is 14.5 Å². The van der Waals surface area contributed by atoms with E-state index in [9.17, 15) is 5.26 Å². The van der Waals surface area contributed by atoms with Crippen molar-refractivity contribution >= 4 is 18.4 Å². The van der Waals surface area contributed by atoms with Crippen molar-refractivity contribution in [3.8, 4) is 6.07 Å². The molecule has 5 nitrogen and oxygen atoms in total. The monoisotopic (exact) mass is 318 g/mol. The molecule has 1 aromatic heterocycles. The third-order valence-corrected chi connectivity index (χ3v) is 4.82. The lowest BCUT2D eigenvalue weighted by atomic mass is 9.89. The molecular weight excluding hydrogens is 296 g/mol. The van der Waals surface area contributed by atoms with Gasteiger partial charge in [-0.15, -0.1) is 12.6 Å². The zero-order chi connectivity index (χ0) is 15.9. The van der Waals surface area contributed by atoms with Gasteiger partial charge in [0.25, 0.3) is 0 Å². The van der Waals surface area contributed by atoms with Crippen molar-refractivity contribution in [1.82, 2.24) is 9.88 Å². The number of piperazine rings is 1. The van der Waals surface area contributed by atoms with Crippen LogP contribution in [-0.2, 0) is 17.8 Å². The van der Waals surface area contributed by atoms with E-state index in [2.05, 4.69) is 54.4 Å². The Morgan fingerprint density at radius 1 is 1.23 bits per heavy atom. The van der Waals surface area contributed by atoms with Gasteiger partial charge in [0, 0.05) is 38.2 Å². The van der Waals surface area contributed by atoms with Crippen LogP contribution in [0.3, 0.4) is 0 Å². The van der Waals surface area contributed by atoms with Gasteiger partial charge in [0.2, 0.25) is 0 Å². The molecule has 0 aliphatic carbocycles. The maximum Gasteiger partial charge on any atom is 0.135 e. The topological polar surface area (TPSA) is 52.4 Å². The summed E-state index contributed by atoms with van der Waals surface area (Å²) in [5.74, 6) is 0.947. The Labute approximate surface area is 137 Å². The molecular formula is C16H22N4OS. The van der Waals surface area contributed by atoms with Crippen molar-refractivity contribution in [2.75, 3.05) is 38.1 Å². The highest BCUT2D eigenvalue weighted by Crippen LogP contribution is 2.37. The van der Waals surface area contributed by atoms with Crippen LogP contribution < -0.4 is 4.90 Å². The Morgan fingerprint density at radius 2 is 1.91 bits per heavy atom. The summed E-state index contributed by atoms with van der Waals surface area (Å²) >= 11 is 4.46. The molecule has 0 atom stereocenters. The fourth-order valence-electron chi connectivity index (χ4n) is 3.13. The predicted molar refractivity (Wildman–Crippen MR) is 88.5 cm³/mol. The van der Waals surface area contributed by atoms with E-state index in [0.29, 0.717) is 17.2 Å². The second kappa shape index (κ2) is 5.73. The summed E-state index contributed by atoms with van der Waals surface area (Å²) in [6.45, 7) is 8.56. The van der Waals surface area contributed by atoms with Gasteiger partial charge in [0.1, 0.15) is 16.9 Å². The van der Waals surface area contributed by atoms with Gasteiger partial charge in [0.15, 0.2) is 0 Å². The third kappa shape index (κ3) is 2.81. The van der Waals surface area contributed by atoms with Crippen LogP contribution in [0.15, 0.2) is 5.03 Å². The molecule has 1 saturated heterocycles. The van der Waals surface area contributed by atoms with E-state index in [1.165, 1.54) is 0 Å². The van der Waals surface area contributed by atoms with Crippen LogP contribution in [0, 0.1) is 11.3 Å². The molecule has 2 aliphatic heterocycles. The summed E-state index contributed by atoms with van der Waals surface area (Å²) in [5, 5.41) is 10.0. The summed E-state index contributed by atoms with van der Waals surface area (Å²) < 4.78 is 5.97. The minimum Gasteiger partial charge on any atom is -0.370 e. The number of pyridine rings is 1. The quantitative estimate of drug-likeness (QED) is 0.801. The lowest BCUT2D eigenvalue weighted by Crippen LogP contribution is -2.46. The molecule has 0 saturated carbocycles. The van der Waals surface area contributed by atoms with E-state index in [1.54, 1.807) is 0 Å². The second-order valence-corrected chi connectivity index (χ2v) is 7.14. The summed E-state index contributed by atoms with van der Waals surface area (Å²) in [4.78, 5) is 9.23. The summed E-state index contributed by atoms with van der Waals surface area (Å²) in [6.07, 6.45) is 0.724. The Kier molecular flexibility index (Phi) is 4.06. The fraction of sp³-hybridized carbons (Fsp3) is 0.625. The highest BCUT2D eigenvalue weighted by Gasteiger charge is 2.33. The average molecular weight is 318 g/mol. The third-order valence-electron chi connectivity index (χ3n) is 4.50. The Morgan fingerprint density at radius 3 is 2.55 bits per heavy atom. The SMILES string of the molecule is CN1CCN(c2nc(S)c(C#N)c3c2COC(C)(C)C3)CC1. The lowest BCUT2D eigenvalue weighted by molar-refractivity contribution is -0.0402. The fourth-order valence-corrected chi connectivity index (χ4v) is 3.41. The van der Waals surface area contributed by atoms with Crippen molar-refractivity contribution in [2.45, 2.75) is 37.5 Å². The average Bonchev–Trinajstić information content (AvgIpc) is 2.46. The Bertz CT molecular complexity index is 630. The van der Waals surface area contributed by atoms with Gasteiger partial charge in [-0.05, 0) is 26.5 Å². The van der Waals surface area contributed by atoms with Crippen LogP contribution in [0.5, 0.6) is 0 Å². The maximum absolute atomic E-state index is 9.48. The van der Waals surface area contributed by atoms with E-state index in [-0.39, 0.29) is 5.60 Å². The minimum absolute atomic E-state index is 0.250. The van der Waals surface area contributed by atoms with Gasteiger partial charge in [-0.25, -0.2) is 4.98 Å². The molecule has 0 amide bonds. The molecule has 0 unspecified atom stereocenters. The normalized spacial score (nSPS) is 21.3. The molecule has 118 valence electrons. The Hall–Kier alpha value is -1.29. The van der Waals surface area contributed by atoms with E-state index >= 15 is 0 Å². The first-order valence-corrected chi connectivity index (χ1v) is 8.08. The van der Waals surface area contributed by atoms with Gasteiger partial charge in [0.05, 0.1) is 17.8 Å². The van der Waals surface area contributed by atoms with E-state index in [1.807, 2.05) is 0 Å². The second-order valence-electron chi connectivity index (χ2n) is 6.72. The molecule has 0 radical (unpaired) electrons. The number of nitriles is 1.